The maximum Gasteiger partial charge on any atom is 0.233 e. The highest BCUT2D eigenvalue weighted by Crippen LogP contribution is 2.13. The number of amides is 1. The number of halogens is 1. The molecule has 0 aromatic carbocycles. The minimum atomic E-state index is -0.0145. The molecule has 18 heavy (non-hydrogen) atoms. The summed E-state index contributed by atoms with van der Waals surface area (Å²) in [6, 6.07) is 0. The average Bonchev–Trinajstić information content (AvgIpc) is 2.68. The van der Waals surface area contributed by atoms with E-state index in [1.807, 2.05) is 6.92 Å². The quantitative estimate of drug-likeness (QED) is 0.674. The number of carbonyl (C=O) groups is 1. The molecule has 0 bridgehead atoms. The number of aromatic nitrogens is 2. The topological polar surface area (TPSA) is 69.8 Å². The first kappa shape index (κ1) is 15.0. The van der Waals surface area contributed by atoms with Crippen LogP contribution < -0.4 is 10.6 Å². The number of likely N-dealkylation sites (N-methyl/N-ethyl adjacent to an activating group) is 1. The van der Waals surface area contributed by atoms with E-state index in [9.17, 15) is 4.79 Å². The molecule has 0 aliphatic carbocycles. The summed E-state index contributed by atoms with van der Waals surface area (Å²) in [5.41, 5.74) is 0.840. The summed E-state index contributed by atoms with van der Waals surface area (Å²) < 4.78 is 0. The highest BCUT2D eigenvalue weighted by molar-refractivity contribution is 6.30. The fourth-order valence-corrected chi connectivity index (χ4v) is 1.80. The van der Waals surface area contributed by atoms with Gasteiger partial charge in [0.25, 0.3) is 0 Å². The third-order valence-corrected chi connectivity index (χ3v) is 2.82. The van der Waals surface area contributed by atoms with E-state index in [1.54, 1.807) is 0 Å². The molecular weight excluding hydrogens is 252 g/mol. The maximum atomic E-state index is 11.2. The number of carbonyl (C=O) groups excluding carboxylic acids is 1. The standard InChI is InChI=1S/C12H21ClN4O/c1-3-5-6-10-16-9(12(13)17-10)7-14-8-11(18)15-4-2/h14H,3-8H2,1-2H3,(H,15,18)(H,16,17). The van der Waals surface area contributed by atoms with Gasteiger partial charge < -0.3 is 15.6 Å². The second-order valence-electron chi connectivity index (χ2n) is 4.11. The Morgan fingerprint density at radius 2 is 2.22 bits per heavy atom. The normalized spacial score (nSPS) is 10.6. The van der Waals surface area contributed by atoms with E-state index in [2.05, 4.69) is 27.5 Å². The lowest BCUT2D eigenvalue weighted by Gasteiger charge is -2.03. The second-order valence-corrected chi connectivity index (χ2v) is 4.47. The van der Waals surface area contributed by atoms with Crippen molar-refractivity contribution in [3.8, 4) is 0 Å². The van der Waals surface area contributed by atoms with Crippen molar-refractivity contribution in [3.05, 3.63) is 16.7 Å². The molecule has 6 heteroatoms. The number of aromatic amines is 1. The molecule has 0 saturated heterocycles. The van der Waals surface area contributed by atoms with E-state index in [1.165, 1.54) is 0 Å². The van der Waals surface area contributed by atoms with Crippen LogP contribution in [0.1, 0.15) is 38.2 Å². The highest BCUT2D eigenvalue weighted by atomic mass is 35.5. The van der Waals surface area contributed by atoms with Crippen LogP contribution in [0, 0.1) is 0 Å². The van der Waals surface area contributed by atoms with Crippen molar-refractivity contribution < 1.29 is 4.79 Å². The van der Waals surface area contributed by atoms with Crippen LogP contribution in [0.4, 0.5) is 0 Å². The van der Waals surface area contributed by atoms with Crippen molar-refractivity contribution in [2.45, 2.75) is 39.7 Å². The first-order chi connectivity index (χ1) is 8.67. The van der Waals surface area contributed by atoms with Crippen molar-refractivity contribution in [1.29, 1.82) is 0 Å². The van der Waals surface area contributed by atoms with Crippen LogP contribution in [0.2, 0.25) is 5.15 Å². The molecule has 3 N–H and O–H groups in total. The first-order valence-electron chi connectivity index (χ1n) is 6.38. The van der Waals surface area contributed by atoms with Crippen molar-refractivity contribution in [1.82, 2.24) is 20.6 Å². The third kappa shape index (κ3) is 5.06. The van der Waals surface area contributed by atoms with Crippen LogP contribution in [0.25, 0.3) is 0 Å². The van der Waals surface area contributed by atoms with E-state index in [4.69, 9.17) is 11.6 Å². The fourth-order valence-electron chi connectivity index (χ4n) is 1.58. The number of H-pyrrole nitrogens is 1. The fraction of sp³-hybridized carbons (Fsp3) is 0.667. The summed E-state index contributed by atoms with van der Waals surface area (Å²) in [5, 5.41) is 6.24. The summed E-state index contributed by atoms with van der Waals surface area (Å²) in [7, 11) is 0. The van der Waals surface area contributed by atoms with E-state index in [-0.39, 0.29) is 12.5 Å². The van der Waals surface area contributed by atoms with Gasteiger partial charge in [-0.15, -0.1) is 0 Å². The van der Waals surface area contributed by atoms with Crippen molar-refractivity contribution in [2.24, 2.45) is 0 Å². The number of hydrogen-bond donors (Lipinski definition) is 3. The minimum absolute atomic E-state index is 0.0145. The smallest absolute Gasteiger partial charge is 0.233 e. The van der Waals surface area contributed by atoms with Gasteiger partial charge in [0.1, 0.15) is 5.82 Å². The molecule has 0 spiro atoms. The molecule has 102 valence electrons. The molecule has 1 heterocycles. The Labute approximate surface area is 113 Å². The molecule has 1 rings (SSSR count). The Morgan fingerprint density at radius 1 is 1.44 bits per heavy atom. The molecule has 1 amide bonds. The van der Waals surface area contributed by atoms with Crippen LogP contribution in [0.15, 0.2) is 0 Å². The second kappa shape index (κ2) is 8.11. The lowest BCUT2D eigenvalue weighted by molar-refractivity contribution is -0.120. The third-order valence-electron chi connectivity index (χ3n) is 2.51. The van der Waals surface area contributed by atoms with E-state index < -0.39 is 0 Å². The van der Waals surface area contributed by atoms with Gasteiger partial charge in [0, 0.05) is 19.5 Å². The van der Waals surface area contributed by atoms with Crippen LogP contribution in [0.5, 0.6) is 0 Å². The average molecular weight is 273 g/mol. The Kier molecular flexibility index (Phi) is 6.75. The van der Waals surface area contributed by atoms with Gasteiger partial charge in [0.15, 0.2) is 5.15 Å². The van der Waals surface area contributed by atoms with Crippen LogP contribution in [0.3, 0.4) is 0 Å². The monoisotopic (exact) mass is 272 g/mol. The molecule has 1 aromatic heterocycles. The number of hydrogen-bond acceptors (Lipinski definition) is 3. The van der Waals surface area contributed by atoms with Gasteiger partial charge in [0.2, 0.25) is 5.91 Å². The van der Waals surface area contributed by atoms with Crippen LogP contribution in [-0.4, -0.2) is 29.0 Å². The Hall–Kier alpha value is -1.07. The summed E-state index contributed by atoms with van der Waals surface area (Å²) >= 11 is 6.02. The van der Waals surface area contributed by atoms with Gasteiger partial charge >= 0.3 is 0 Å². The van der Waals surface area contributed by atoms with Gasteiger partial charge in [-0.2, -0.15) is 0 Å². The molecule has 1 aromatic rings. The molecule has 0 radical (unpaired) electrons. The van der Waals surface area contributed by atoms with Gasteiger partial charge in [-0.05, 0) is 13.3 Å². The summed E-state index contributed by atoms with van der Waals surface area (Å²) in [4.78, 5) is 18.7. The zero-order valence-electron chi connectivity index (χ0n) is 11.0. The molecule has 0 atom stereocenters. The Bertz CT molecular complexity index is 378. The Balaban J connectivity index is 2.37. The zero-order valence-corrected chi connectivity index (χ0v) is 11.7. The van der Waals surface area contributed by atoms with E-state index in [0.29, 0.717) is 18.2 Å². The number of aryl methyl sites for hydroxylation is 1. The van der Waals surface area contributed by atoms with Crippen molar-refractivity contribution >= 4 is 17.5 Å². The molecular formula is C12H21ClN4O. The SMILES string of the molecule is CCCCc1nc(Cl)c(CNCC(=O)NCC)[nH]1. The first-order valence-corrected chi connectivity index (χ1v) is 6.75. The number of nitrogens with zero attached hydrogens (tertiary/aromatic N) is 1. The van der Waals surface area contributed by atoms with E-state index >= 15 is 0 Å². The largest absolute Gasteiger partial charge is 0.355 e. The number of unbranched alkanes of at least 4 members (excludes halogenated alkanes) is 1. The molecule has 0 aliphatic rings. The minimum Gasteiger partial charge on any atom is -0.355 e. The molecule has 0 saturated carbocycles. The van der Waals surface area contributed by atoms with Gasteiger partial charge in [0.05, 0.1) is 12.2 Å². The van der Waals surface area contributed by atoms with Crippen molar-refractivity contribution in [2.75, 3.05) is 13.1 Å². The zero-order chi connectivity index (χ0) is 13.4. The maximum absolute atomic E-state index is 11.2. The molecule has 0 unspecified atom stereocenters. The summed E-state index contributed by atoms with van der Waals surface area (Å²) in [5.74, 6) is 0.899. The Morgan fingerprint density at radius 3 is 2.89 bits per heavy atom. The summed E-state index contributed by atoms with van der Waals surface area (Å²) in [6.45, 7) is 5.48. The summed E-state index contributed by atoms with van der Waals surface area (Å²) in [6.07, 6.45) is 3.13. The predicted molar refractivity (Wildman–Crippen MR) is 72.6 cm³/mol. The van der Waals surface area contributed by atoms with Crippen LogP contribution in [-0.2, 0) is 17.8 Å². The predicted octanol–water partition coefficient (Wildman–Crippen LogP) is 1.63. The molecule has 0 fully saturated rings. The van der Waals surface area contributed by atoms with Gasteiger partial charge in [-0.3, -0.25) is 4.79 Å². The molecule has 5 nitrogen and oxygen atoms in total. The number of rotatable bonds is 8. The lowest BCUT2D eigenvalue weighted by Crippen LogP contribution is -2.33. The van der Waals surface area contributed by atoms with Gasteiger partial charge in [-0.1, -0.05) is 24.9 Å². The highest BCUT2D eigenvalue weighted by Gasteiger charge is 2.08. The lowest BCUT2D eigenvalue weighted by atomic mass is 10.2. The number of nitrogens with one attached hydrogen (secondary N) is 3. The molecule has 0 aliphatic heterocycles. The van der Waals surface area contributed by atoms with Crippen molar-refractivity contribution in [3.63, 3.8) is 0 Å². The van der Waals surface area contributed by atoms with Crippen LogP contribution >= 0.6 is 11.6 Å². The van der Waals surface area contributed by atoms with E-state index in [0.717, 1.165) is 30.8 Å². The van der Waals surface area contributed by atoms with Gasteiger partial charge in [-0.25, -0.2) is 4.98 Å². The number of imidazole rings is 1.